The van der Waals surface area contributed by atoms with Crippen molar-refractivity contribution in [3.63, 3.8) is 0 Å². The summed E-state index contributed by atoms with van der Waals surface area (Å²) in [6.07, 6.45) is 10.5. The summed E-state index contributed by atoms with van der Waals surface area (Å²) in [7, 11) is 0. The minimum absolute atomic E-state index is 0.542. The molecule has 0 unspecified atom stereocenters. The van der Waals surface area contributed by atoms with Crippen LogP contribution >= 0.6 is 15.9 Å². The van der Waals surface area contributed by atoms with Gasteiger partial charge in [-0.05, 0) is 34.8 Å². The molecule has 2 heterocycles. The van der Waals surface area contributed by atoms with E-state index in [4.69, 9.17) is 4.74 Å². The van der Waals surface area contributed by atoms with Crippen LogP contribution < -0.4 is 4.74 Å². The molecule has 5 heteroatoms. The molecule has 0 saturated heterocycles. The number of halogens is 1. The second kappa shape index (κ2) is 5.10. The minimum Gasteiger partial charge on any atom is -0.436 e. The van der Waals surface area contributed by atoms with E-state index < -0.39 is 0 Å². The molecular weight excluding hydrogens is 294 g/mol. The van der Waals surface area contributed by atoms with E-state index in [0.29, 0.717) is 11.9 Å². The average Bonchev–Trinajstić information content (AvgIpc) is 3.02. The van der Waals surface area contributed by atoms with Crippen LogP contribution in [0.15, 0.2) is 35.2 Å². The third-order valence-electron chi connectivity index (χ3n) is 3.20. The lowest BCUT2D eigenvalue weighted by atomic mass is 10.3. The molecule has 0 bridgehead atoms. The summed E-state index contributed by atoms with van der Waals surface area (Å²) < 4.78 is 8.61. The number of aromatic nitrogens is 3. The lowest BCUT2D eigenvalue weighted by molar-refractivity contribution is 0.448. The molecule has 0 atom stereocenters. The van der Waals surface area contributed by atoms with Gasteiger partial charge in [0.2, 0.25) is 5.88 Å². The highest BCUT2D eigenvalue weighted by atomic mass is 79.9. The number of ether oxygens (including phenoxy) is 1. The fourth-order valence-electron chi connectivity index (χ4n) is 2.29. The zero-order valence-corrected chi connectivity index (χ0v) is 11.5. The van der Waals surface area contributed by atoms with Crippen molar-refractivity contribution in [2.45, 2.75) is 31.7 Å². The first-order valence-corrected chi connectivity index (χ1v) is 6.94. The molecular formula is C13H14BrN3O. The molecule has 1 aliphatic carbocycles. The SMILES string of the molecule is Brc1ccc(Oc2cnn(C3CCCC3)c2)nc1. The van der Waals surface area contributed by atoms with Crippen molar-refractivity contribution >= 4 is 15.9 Å². The normalized spacial score (nSPS) is 16.1. The summed E-state index contributed by atoms with van der Waals surface area (Å²) in [6.45, 7) is 0. The minimum atomic E-state index is 0.542. The molecule has 0 aromatic carbocycles. The van der Waals surface area contributed by atoms with E-state index in [0.717, 1.165) is 10.2 Å². The third-order valence-corrected chi connectivity index (χ3v) is 3.67. The van der Waals surface area contributed by atoms with E-state index in [1.54, 1.807) is 12.4 Å². The third kappa shape index (κ3) is 2.56. The Morgan fingerprint density at radius 1 is 1.22 bits per heavy atom. The number of rotatable bonds is 3. The van der Waals surface area contributed by atoms with Crippen LogP contribution in [0.3, 0.4) is 0 Å². The van der Waals surface area contributed by atoms with Crippen LogP contribution in [0.1, 0.15) is 31.7 Å². The Hall–Kier alpha value is -1.36. The molecule has 1 aliphatic rings. The van der Waals surface area contributed by atoms with Crippen LogP contribution in [-0.4, -0.2) is 14.8 Å². The summed E-state index contributed by atoms with van der Waals surface area (Å²) in [4.78, 5) is 4.17. The Morgan fingerprint density at radius 2 is 2.06 bits per heavy atom. The van der Waals surface area contributed by atoms with Gasteiger partial charge >= 0.3 is 0 Å². The van der Waals surface area contributed by atoms with Gasteiger partial charge in [-0.3, -0.25) is 4.68 Å². The van der Waals surface area contributed by atoms with E-state index in [9.17, 15) is 0 Å². The Morgan fingerprint density at radius 3 is 2.78 bits per heavy atom. The highest BCUT2D eigenvalue weighted by Gasteiger charge is 2.17. The molecule has 0 amide bonds. The number of pyridine rings is 1. The summed E-state index contributed by atoms with van der Waals surface area (Å²) >= 11 is 3.35. The standard InChI is InChI=1S/C13H14BrN3O/c14-10-5-6-13(15-7-10)18-12-8-16-17(9-12)11-3-1-2-4-11/h5-9,11H,1-4H2. The van der Waals surface area contributed by atoms with Crippen molar-refractivity contribution in [3.8, 4) is 11.6 Å². The van der Waals surface area contributed by atoms with Gasteiger partial charge in [-0.25, -0.2) is 4.98 Å². The van der Waals surface area contributed by atoms with Gasteiger partial charge in [-0.1, -0.05) is 12.8 Å². The zero-order chi connectivity index (χ0) is 12.4. The van der Waals surface area contributed by atoms with Gasteiger partial charge in [-0.2, -0.15) is 5.10 Å². The van der Waals surface area contributed by atoms with Crippen LogP contribution in [0.5, 0.6) is 11.6 Å². The molecule has 94 valence electrons. The van der Waals surface area contributed by atoms with Gasteiger partial charge in [-0.15, -0.1) is 0 Å². The van der Waals surface area contributed by atoms with Crippen molar-refractivity contribution in [2.24, 2.45) is 0 Å². The smallest absolute Gasteiger partial charge is 0.219 e. The monoisotopic (exact) mass is 307 g/mol. The first kappa shape index (κ1) is 11.7. The number of nitrogens with zero attached hydrogens (tertiary/aromatic N) is 3. The zero-order valence-electron chi connectivity index (χ0n) is 9.92. The fourth-order valence-corrected chi connectivity index (χ4v) is 2.52. The topological polar surface area (TPSA) is 39.9 Å². The maximum atomic E-state index is 5.66. The summed E-state index contributed by atoms with van der Waals surface area (Å²) in [6, 6.07) is 4.28. The van der Waals surface area contributed by atoms with Gasteiger partial charge in [0, 0.05) is 16.7 Å². The molecule has 0 radical (unpaired) electrons. The van der Waals surface area contributed by atoms with Crippen LogP contribution in [0.25, 0.3) is 0 Å². The number of hydrogen-bond donors (Lipinski definition) is 0. The quantitative estimate of drug-likeness (QED) is 0.862. The van der Waals surface area contributed by atoms with Gasteiger partial charge in [0.15, 0.2) is 5.75 Å². The summed E-state index contributed by atoms with van der Waals surface area (Å²) in [5.74, 6) is 1.33. The summed E-state index contributed by atoms with van der Waals surface area (Å²) in [5.41, 5.74) is 0. The van der Waals surface area contributed by atoms with Gasteiger partial charge in [0.1, 0.15) is 0 Å². The molecule has 0 spiro atoms. The molecule has 0 N–H and O–H groups in total. The molecule has 0 aliphatic heterocycles. The summed E-state index contributed by atoms with van der Waals surface area (Å²) in [5, 5.41) is 4.37. The highest BCUT2D eigenvalue weighted by Crippen LogP contribution is 2.30. The molecule has 2 aromatic heterocycles. The van der Waals surface area contributed by atoms with Crippen molar-refractivity contribution < 1.29 is 4.74 Å². The molecule has 1 saturated carbocycles. The Balaban J connectivity index is 1.71. The van der Waals surface area contributed by atoms with E-state index in [2.05, 4.69) is 26.0 Å². The van der Waals surface area contributed by atoms with Crippen LogP contribution in [0, 0.1) is 0 Å². The van der Waals surface area contributed by atoms with E-state index >= 15 is 0 Å². The largest absolute Gasteiger partial charge is 0.436 e. The molecule has 3 rings (SSSR count). The van der Waals surface area contributed by atoms with Gasteiger partial charge < -0.3 is 4.74 Å². The van der Waals surface area contributed by atoms with Crippen molar-refractivity contribution in [1.82, 2.24) is 14.8 Å². The second-order valence-corrected chi connectivity index (χ2v) is 5.43. The molecule has 2 aromatic rings. The molecule has 1 fully saturated rings. The Labute approximate surface area is 114 Å². The van der Waals surface area contributed by atoms with E-state index in [-0.39, 0.29) is 0 Å². The maximum absolute atomic E-state index is 5.66. The van der Waals surface area contributed by atoms with Crippen LogP contribution in [0.4, 0.5) is 0 Å². The van der Waals surface area contributed by atoms with Crippen molar-refractivity contribution in [3.05, 3.63) is 35.2 Å². The van der Waals surface area contributed by atoms with E-state index in [1.807, 2.05) is 23.0 Å². The van der Waals surface area contributed by atoms with E-state index in [1.165, 1.54) is 25.7 Å². The lowest BCUT2D eigenvalue weighted by Gasteiger charge is -2.08. The first-order valence-electron chi connectivity index (χ1n) is 6.15. The fraction of sp³-hybridized carbons (Fsp3) is 0.385. The first-order chi connectivity index (χ1) is 8.81. The van der Waals surface area contributed by atoms with Gasteiger partial charge in [0.25, 0.3) is 0 Å². The highest BCUT2D eigenvalue weighted by molar-refractivity contribution is 9.10. The predicted molar refractivity (Wildman–Crippen MR) is 71.7 cm³/mol. The lowest BCUT2D eigenvalue weighted by Crippen LogP contribution is -2.04. The predicted octanol–water partition coefficient (Wildman–Crippen LogP) is 3.95. The Kier molecular flexibility index (Phi) is 3.32. The molecule has 4 nitrogen and oxygen atoms in total. The molecule has 18 heavy (non-hydrogen) atoms. The second-order valence-electron chi connectivity index (χ2n) is 4.51. The maximum Gasteiger partial charge on any atom is 0.219 e. The number of hydrogen-bond acceptors (Lipinski definition) is 3. The van der Waals surface area contributed by atoms with Crippen LogP contribution in [0.2, 0.25) is 0 Å². The Bertz CT molecular complexity index is 517. The van der Waals surface area contributed by atoms with Crippen molar-refractivity contribution in [2.75, 3.05) is 0 Å². The van der Waals surface area contributed by atoms with Crippen LogP contribution in [-0.2, 0) is 0 Å². The average molecular weight is 308 g/mol. The van der Waals surface area contributed by atoms with Gasteiger partial charge in [0.05, 0.1) is 18.4 Å². The van der Waals surface area contributed by atoms with Crippen molar-refractivity contribution in [1.29, 1.82) is 0 Å².